The maximum Gasteiger partial charge on any atom is 0.295 e. The van der Waals surface area contributed by atoms with Crippen LogP contribution >= 0.6 is 0 Å². The van der Waals surface area contributed by atoms with Gasteiger partial charge in [0.05, 0.1) is 0 Å². The summed E-state index contributed by atoms with van der Waals surface area (Å²) in [6.07, 6.45) is 1.78. The van der Waals surface area contributed by atoms with Gasteiger partial charge in [-0.3, -0.25) is 4.55 Å². The Hall–Kier alpha value is -1.43. The van der Waals surface area contributed by atoms with Crippen molar-refractivity contribution in [1.82, 2.24) is 0 Å². The maximum absolute atomic E-state index is 11.4. The lowest BCUT2D eigenvalue weighted by Crippen LogP contribution is -2.11. The van der Waals surface area contributed by atoms with Crippen molar-refractivity contribution in [3.05, 3.63) is 42.0 Å². The molecule has 2 aromatic rings. The summed E-state index contributed by atoms with van der Waals surface area (Å²) in [4.78, 5) is -0.0736. The van der Waals surface area contributed by atoms with Crippen LogP contribution < -0.4 is 5.73 Å². The largest absolute Gasteiger partial charge is 0.324 e. The highest BCUT2D eigenvalue weighted by atomic mass is 32.2. The van der Waals surface area contributed by atoms with Gasteiger partial charge in [0.1, 0.15) is 4.90 Å². The predicted molar refractivity (Wildman–Crippen MR) is 75.6 cm³/mol. The molecule has 0 spiro atoms. The molecule has 1 unspecified atom stereocenters. The zero-order valence-corrected chi connectivity index (χ0v) is 11.5. The first-order chi connectivity index (χ1) is 8.95. The van der Waals surface area contributed by atoms with Crippen molar-refractivity contribution in [3.8, 4) is 0 Å². The van der Waals surface area contributed by atoms with Crippen molar-refractivity contribution in [2.45, 2.75) is 30.7 Å². The fourth-order valence-electron chi connectivity index (χ4n) is 2.31. The Labute approximate surface area is 113 Å². The first kappa shape index (κ1) is 14.0. The van der Waals surface area contributed by atoms with Crippen LogP contribution in [0.1, 0.15) is 31.4 Å². The van der Waals surface area contributed by atoms with E-state index in [4.69, 9.17) is 5.73 Å². The van der Waals surface area contributed by atoms with Crippen molar-refractivity contribution in [2.75, 3.05) is 0 Å². The van der Waals surface area contributed by atoms with Crippen LogP contribution in [0.4, 0.5) is 0 Å². The van der Waals surface area contributed by atoms with Crippen LogP contribution in [0.25, 0.3) is 10.8 Å². The van der Waals surface area contributed by atoms with Gasteiger partial charge in [0.25, 0.3) is 10.1 Å². The Bertz CT molecular complexity index is 695. The lowest BCUT2D eigenvalue weighted by molar-refractivity contribution is 0.484. The molecule has 1 atom stereocenters. The fourth-order valence-corrected chi connectivity index (χ4v) is 3.01. The van der Waals surface area contributed by atoms with Crippen LogP contribution in [0.15, 0.2) is 41.3 Å². The molecule has 0 aromatic heterocycles. The summed E-state index contributed by atoms with van der Waals surface area (Å²) >= 11 is 0. The highest BCUT2D eigenvalue weighted by Crippen LogP contribution is 2.30. The van der Waals surface area contributed by atoms with Gasteiger partial charge in [0, 0.05) is 11.4 Å². The molecule has 0 aliphatic rings. The predicted octanol–water partition coefficient (Wildman–Crippen LogP) is 2.89. The summed E-state index contributed by atoms with van der Waals surface area (Å²) in [6, 6.07) is 10.1. The minimum absolute atomic E-state index is 0.0736. The van der Waals surface area contributed by atoms with E-state index >= 15 is 0 Å². The van der Waals surface area contributed by atoms with Crippen molar-refractivity contribution in [3.63, 3.8) is 0 Å². The Morgan fingerprint density at radius 3 is 2.37 bits per heavy atom. The lowest BCUT2D eigenvalue weighted by Gasteiger charge is -2.15. The monoisotopic (exact) mass is 279 g/mol. The summed E-state index contributed by atoms with van der Waals surface area (Å²) in [5.41, 5.74) is 7.03. The second kappa shape index (κ2) is 5.28. The molecular formula is C14H17NO3S. The highest BCUT2D eigenvalue weighted by molar-refractivity contribution is 7.86. The minimum atomic E-state index is -4.22. The van der Waals surface area contributed by atoms with E-state index in [1.54, 1.807) is 18.2 Å². The average Bonchev–Trinajstić information content (AvgIpc) is 2.36. The van der Waals surface area contributed by atoms with Crippen LogP contribution in [0.3, 0.4) is 0 Å². The zero-order chi connectivity index (χ0) is 14.0. The van der Waals surface area contributed by atoms with Crippen molar-refractivity contribution >= 4 is 20.9 Å². The first-order valence-corrected chi connectivity index (χ1v) is 7.64. The molecule has 0 saturated carbocycles. The quantitative estimate of drug-likeness (QED) is 0.843. The van der Waals surface area contributed by atoms with Gasteiger partial charge in [0.2, 0.25) is 0 Å². The van der Waals surface area contributed by atoms with E-state index in [1.807, 2.05) is 12.1 Å². The van der Waals surface area contributed by atoms with Gasteiger partial charge < -0.3 is 5.73 Å². The van der Waals surface area contributed by atoms with Gasteiger partial charge in [-0.15, -0.1) is 0 Å². The molecule has 3 N–H and O–H groups in total. The minimum Gasteiger partial charge on any atom is -0.324 e. The third kappa shape index (κ3) is 2.78. The van der Waals surface area contributed by atoms with Crippen LogP contribution in [0.2, 0.25) is 0 Å². The number of rotatable bonds is 4. The molecule has 5 heteroatoms. The summed E-state index contributed by atoms with van der Waals surface area (Å²) in [5.74, 6) is 0. The van der Waals surface area contributed by atoms with Crippen molar-refractivity contribution < 1.29 is 13.0 Å². The van der Waals surface area contributed by atoms with E-state index in [0.717, 1.165) is 23.8 Å². The van der Waals surface area contributed by atoms with Crippen LogP contribution in [0.5, 0.6) is 0 Å². The smallest absolute Gasteiger partial charge is 0.295 e. The molecule has 19 heavy (non-hydrogen) atoms. The van der Waals surface area contributed by atoms with Crippen LogP contribution in [-0.2, 0) is 10.1 Å². The molecule has 0 aliphatic heterocycles. The number of benzene rings is 2. The summed E-state index contributed by atoms with van der Waals surface area (Å²) in [5, 5.41) is 1.28. The van der Waals surface area contributed by atoms with Crippen molar-refractivity contribution in [1.29, 1.82) is 0 Å². The molecule has 0 bridgehead atoms. The normalized spacial score (nSPS) is 13.6. The van der Waals surface area contributed by atoms with Gasteiger partial charge >= 0.3 is 0 Å². The van der Waals surface area contributed by atoms with Crippen molar-refractivity contribution in [2.24, 2.45) is 5.73 Å². The molecule has 0 radical (unpaired) electrons. The molecule has 102 valence electrons. The van der Waals surface area contributed by atoms with Gasteiger partial charge in [0.15, 0.2) is 0 Å². The molecular weight excluding hydrogens is 262 g/mol. The molecule has 2 rings (SSSR count). The average molecular weight is 279 g/mol. The first-order valence-electron chi connectivity index (χ1n) is 6.20. The standard InChI is InChI=1S/C14H17NO3S/c1-2-5-13(15)11-8-9-14(19(16,17)18)12-7-4-3-6-10(11)12/h3-4,6-9,13H,2,5,15H2,1H3,(H,16,17,18). The Morgan fingerprint density at radius 1 is 1.16 bits per heavy atom. The second-order valence-electron chi connectivity index (χ2n) is 4.57. The Kier molecular flexibility index (Phi) is 3.89. The summed E-state index contributed by atoms with van der Waals surface area (Å²) in [7, 11) is -4.22. The Morgan fingerprint density at radius 2 is 1.79 bits per heavy atom. The van der Waals surface area contributed by atoms with E-state index < -0.39 is 10.1 Å². The molecule has 2 aromatic carbocycles. The topological polar surface area (TPSA) is 80.4 Å². The third-order valence-corrected chi connectivity index (χ3v) is 4.11. The zero-order valence-electron chi connectivity index (χ0n) is 10.7. The van der Waals surface area contributed by atoms with E-state index in [-0.39, 0.29) is 10.9 Å². The molecule has 4 nitrogen and oxygen atoms in total. The molecule has 0 saturated heterocycles. The number of nitrogens with two attached hydrogens (primary N) is 1. The molecule has 0 aliphatic carbocycles. The Balaban J connectivity index is 2.72. The fraction of sp³-hybridized carbons (Fsp3) is 0.286. The van der Waals surface area contributed by atoms with Gasteiger partial charge in [-0.2, -0.15) is 8.42 Å². The van der Waals surface area contributed by atoms with E-state index in [1.165, 1.54) is 6.07 Å². The van der Waals surface area contributed by atoms with Gasteiger partial charge in [-0.25, -0.2) is 0 Å². The van der Waals surface area contributed by atoms with Crippen LogP contribution in [0, 0.1) is 0 Å². The van der Waals surface area contributed by atoms with Gasteiger partial charge in [-0.05, 0) is 23.4 Å². The van der Waals surface area contributed by atoms with E-state index in [9.17, 15) is 13.0 Å². The maximum atomic E-state index is 11.4. The summed E-state index contributed by atoms with van der Waals surface area (Å²) < 4.78 is 32.0. The number of hydrogen-bond acceptors (Lipinski definition) is 3. The molecule has 0 amide bonds. The van der Waals surface area contributed by atoms with E-state index in [2.05, 4.69) is 6.92 Å². The summed E-state index contributed by atoms with van der Waals surface area (Å²) in [6.45, 7) is 2.05. The number of hydrogen-bond donors (Lipinski definition) is 2. The highest BCUT2D eigenvalue weighted by Gasteiger charge is 2.17. The molecule has 0 fully saturated rings. The van der Waals surface area contributed by atoms with Gasteiger partial charge in [-0.1, -0.05) is 43.7 Å². The third-order valence-electron chi connectivity index (χ3n) is 3.19. The molecule has 0 heterocycles. The van der Waals surface area contributed by atoms with Crippen LogP contribution in [-0.4, -0.2) is 13.0 Å². The SMILES string of the molecule is CCCC(N)c1ccc(S(=O)(=O)O)c2ccccc12. The van der Waals surface area contributed by atoms with E-state index in [0.29, 0.717) is 5.39 Å². The second-order valence-corrected chi connectivity index (χ2v) is 5.96. The lowest BCUT2D eigenvalue weighted by atomic mass is 9.96. The number of fused-ring (bicyclic) bond motifs is 1.